The quantitative estimate of drug-likeness (QED) is 0.336. The van der Waals surface area contributed by atoms with Gasteiger partial charge in [0, 0.05) is 32.6 Å². The Morgan fingerprint density at radius 3 is 2.07 bits per heavy atom. The van der Waals surface area contributed by atoms with Crippen LogP contribution in [0.25, 0.3) is 54.6 Å². The van der Waals surface area contributed by atoms with Crippen LogP contribution in [0.4, 0.5) is 0 Å². The number of furan rings is 2. The highest BCUT2D eigenvalue weighted by atomic mass is 35.5. The number of thiol groups is 1. The van der Waals surface area contributed by atoms with E-state index in [1.165, 1.54) is 0 Å². The summed E-state index contributed by atoms with van der Waals surface area (Å²) in [5, 5.41) is 6.24. The van der Waals surface area contributed by atoms with Crippen LogP contribution in [0, 0.1) is 0 Å². The first-order chi connectivity index (χ1) is 14.0. The molecule has 7 heteroatoms. The number of rotatable bonds is 2. The van der Waals surface area contributed by atoms with E-state index in [0.717, 1.165) is 49.1 Å². The van der Waals surface area contributed by atoms with Crippen LogP contribution in [0.3, 0.4) is 0 Å². The molecule has 0 N–H and O–H groups in total. The average Bonchev–Trinajstić information content (AvgIpc) is 3.20. The highest BCUT2D eigenvalue weighted by Crippen LogP contribution is 2.38. The number of benzene rings is 4. The second kappa shape index (κ2) is 5.89. The van der Waals surface area contributed by atoms with E-state index in [0.29, 0.717) is 10.6 Å². The van der Waals surface area contributed by atoms with Crippen LogP contribution in [0.5, 0.6) is 5.75 Å². The fraction of sp³-hybridized carbons (Fsp3) is 0. The second-order valence-electron chi connectivity index (χ2n) is 6.86. The smallest absolute Gasteiger partial charge is 0.299 e. The Morgan fingerprint density at radius 2 is 1.31 bits per heavy atom. The molecule has 0 aliphatic heterocycles. The van der Waals surface area contributed by atoms with Crippen molar-refractivity contribution in [2.24, 2.45) is 0 Å². The van der Waals surface area contributed by atoms with Gasteiger partial charge in [0.2, 0.25) is 0 Å². The van der Waals surface area contributed by atoms with Crippen LogP contribution in [0.15, 0.2) is 69.5 Å². The van der Waals surface area contributed by atoms with E-state index in [9.17, 15) is 8.42 Å². The minimum absolute atomic E-state index is 0.270. The average molecular weight is 423 g/mol. The molecular weight excluding hydrogens is 412 g/mol. The van der Waals surface area contributed by atoms with Crippen molar-refractivity contribution in [3.05, 3.63) is 65.7 Å². The molecule has 6 rings (SSSR count). The summed E-state index contributed by atoms with van der Waals surface area (Å²) >= 11 is 6.08. The van der Waals surface area contributed by atoms with Gasteiger partial charge >= 0.3 is 0 Å². The van der Waals surface area contributed by atoms with Crippen LogP contribution in [-0.2, 0) is 11.0 Å². The summed E-state index contributed by atoms with van der Waals surface area (Å²) in [5.41, 5.74) is 2.95. The van der Waals surface area contributed by atoms with E-state index in [1.807, 2.05) is 42.5 Å². The molecule has 2 aromatic heterocycles. The molecule has 0 unspecified atom stereocenters. The summed E-state index contributed by atoms with van der Waals surface area (Å²) in [4.78, 5) is 0. The topological polar surface area (TPSA) is 69.7 Å². The third-order valence-corrected chi connectivity index (χ3v) is 5.73. The van der Waals surface area contributed by atoms with Gasteiger partial charge in [-0.1, -0.05) is 17.7 Å². The van der Waals surface area contributed by atoms with Crippen LogP contribution in [-0.4, -0.2) is 8.42 Å². The van der Waals surface area contributed by atoms with E-state index in [-0.39, 0.29) is 5.75 Å². The molecule has 0 fully saturated rings. The van der Waals surface area contributed by atoms with Crippen LogP contribution in [0.2, 0.25) is 5.02 Å². The Labute approximate surface area is 170 Å². The fourth-order valence-corrected chi connectivity index (χ4v) is 4.33. The lowest BCUT2D eigenvalue weighted by molar-refractivity contribution is 0.511. The summed E-state index contributed by atoms with van der Waals surface area (Å²) in [6.07, 6.45) is 0. The van der Waals surface area contributed by atoms with Crippen LogP contribution in [0.1, 0.15) is 0 Å². The molecule has 0 atom stereocenters. The first kappa shape index (κ1) is 16.7. The monoisotopic (exact) mass is 422 g/mol. The molecule has 2 heterocycles. The van der Waals surface area contributed by atoms with Gasteiger partial charge in [-0.3, -0.25) is 0 Å². The lowest BCUT2D eigenvalue weighted by atomic mass is 10.0. The first-order valence-corrected chi connectivity index (χ1v) is 10.3. The number of fused-ring (bicyclic) bond motifs is 7. The SMILES string of the molecule is O=[SH](=O)Oc1ccc2cc3c(cc2c1)oc1cc2c(cc13)oc1cc(Cl)ccc12. The molecule has 29 heavy (non-hydrogen) atoms. The van der Waals surface area contributed by atoms with Gasteiger partial charge in [0.05, 0.1) is 0 Å². The van der Waals surface area contributed by atoms with E-state index < -0.39 is 11.0 Å². The molecule has 0 saturated carbocycles. The molecule has 0 bridgehead atoms. The summed E-state index contributed by atoms with van der Waals surface area (Å²) in [5.74, 6) is 0.270. The molecular formula is C22H11ClO5S. The van der Waals surface area contributed by atoms with E-state index >= 15 is 0 Å². The molecule has 6 aromatic rings. The van der Waals surface area contributed by atoms with E-state index in [1.54, 1.807) is 18.2 Å². The minimum Gasteiger partial charge on any atom is -0.456 e. The molecule has 0 spiro atoms. The summed E-state index contributed by atoms with van der Waals surface area (Å²) in [7, 11) is -2.95. The molecule has 0 amide bonds. The third-order valence-electron chi connectivity index (χ3n) is 5.14. The maximum atomic E-state index is 10.8. The Balaban J connectivity index is 1.64. The summed E-state index contributed by atoms with van der Waals surface area (Å²) in [6, 6.07) is 18.6. The second-order valence-corrected chi connectivity index (χ2v) is 7.93. The van der Waals surface area contributed by atoms with Gasteiger partial charge < -0.3 is 13.0 Å². The van der Waals surface area contributed by atoms with Gasteiger partial charge in [-0.15, -0.1) is 0 Å². The Hall–Kier alpha value is -3.22. The predicted octanol–water partition coefficient (Wildman–Crippen LogP) is 6.20. The van der Waals surface area contributed by atoms with Crippen molar-refractivity contribution >= 4 is 77.2 Å². The lowest BCUT2D eigenvalue weighted by Gasteiger charge is -2.01. The van der Waals surface area contributed by atoms with Gasteiger partial charge in [0.25, 0.3) is 11.0 Å². The number of hydrogen-bond donors (Lipinski definition) is 1. The summed E-state index contributed by atoms with van der Waals surface area (Å²) < 4.78 is 38.5. The molecule has 0 saturated heterocycles. The van der Waals surface area contributed by atoms with Crippen molar-refractivity contribution in [2.75, 3.05) is 0 Å². The van der Waals surface area contributed by atoms with Crippen molar-refractivity contribution in [1.29, 1.82) is 0 Å². The zero-order valence-electron chi connectivity index (χ0n) is 14.6. The van der Waals surface area contributed by atoms with Crippen molar-refractivity contribution < 1.29 is 21.4 Å². The minimum atomic E-state index is -2.95. The van der Waals surface area contributed by atoms with Crippen LogP contribution >= 0.6 is 11.6 Å². The lowest BCUT2D eigenvalue weighted by Crippen LogP contribution is -1.89. The van der Waals surface area contributed by atoms with Crippen molar-refractivity contribution in [2.45, 2.75) is 0 Å². The maximum Gasteiger partial charge on any atom is 0.299 e. The van der Waals surface area contributed by atoms with Gasteiger partial charge in [-0.05, 0) is 59.3 Å². The highest BCUT2D eigenvalue weighted by molar-refractivity contribution is 7.67. The van der Waals surface area contributed by atoms with Crippen molar-refractivity contribution in [1.82, 2.24) is 0 Å². The van der Waals surface area contributed by atoms with Crippen molar-refractivity contribution in [3.63, 3.8) is 0 Å². The summed E-state index contributed by atoms with van der Waals surface area (Å²) in [6.45, 7) is 0. The number of hydrogen-bond acceptors (Lipinski definition) is 5. The number of halogens is 1. The van der Waals surface area contributed by atoms with Gasteiger partial charge in [0.1, 0.15) is 28.1 Å². The molecule has 142 valence electrons. The molecule has 0 radical (unpaired) electrons. The molecule has 0 aliphatic carbocycles. The molecule has 0 aliphatic rings. The Bertz CT molecular complexity index is 1680. The largest absolute Gasteiger partial charge is 0.456 e. The Kier molecular flexibility index (Phi) is 3.39. The maximum absolute atomic E-state index is 10.8. The van der Waals surface area contributed by atoms with Gasteiger partial charge in [-0.2, -0.15) is 8.42 Å². The van der Waals surface area contributed by atoms with Gasteiger partial charge in [-0.25, -0.2) is 0 Å². The fourth-order valence-electron chi connectivity index (χ4n) is 3.88. The first-order valence-electron chi connectivity index (χ1n) is 8.79. The Morgan fingerprint density at radius 1 is 0.655 bits per heavy atom. The van der Waals surface area contributed by atoms with Crippen molar-refractivity contribution in [3.8, 4) is 5.75 Å². The molecule has 4 aromatic carbocycles. The third kappa shape index (κ3) is 2.57. The highest BCUT2D eigenvalue weighted by Gasteiger charge is 2.14. The van der Waals surface area contributed by atoms with E-state index in [2.05, 4.69) is 0 Å². The normalized spacial score (nSPS) is 12.2. The standard InChI is InChI=1S/C22H11ClO5S/c23-13-2-4-15-17-9-22-18(10-21(17)27-20(15)8-13)16-6-11-1-3-14(28-29(24)25)5-12(11)7-19(16)26-22/h1-10,29H. The van der Waals surface area contributed by atoms with Crippen LogP contribution < -0.4 is 4.18 Å². The zero-order chi connectivity index (χ0) is 19.7. The molecule has 5 nitrogen and oxygen atoms in total. The van der Waals surface area contributed by atoms with Gasteiger partial charge in [0.15, 0.2) is 0 Å². The van der Waals surface area contributed by atoms with E-state index in [4.69, 9.17) is 24.6 Å². The predicted molar refractivity (Wildman–Crippen MR) is 114 cm³/mol. The zero-order valence-corrected chi connectivity index (χ0v) is 16.3.